The van der Waals surface area contributed by atoms with E-state index >= 15 is 0 Å². The number of halogens is 2. The second-order valence-corrected chi connectivity index (χ2v) is 4.85. The number of nitrogens with zero attached hydrogens (tertiary/aromatic N) is 2. The van der Waals surface area contributed by atoms with Crippen LogP contribution in [0.25, 0.3) is 0 Å². The molecule has 1 atom stereocenters. The fraction of sp³-hybridized carbons (Fsp3) is 0.556. The third-order valence-electron chi connectivity index (χ3n) is 1.86. The van der Waals surface area contributed by atoms with E-state index in [0.717, 1.165) is 3.70 Å². The molecule has 0 bridgehead atoms. The Morgan fingerprint density at radius 1 is 1.53 bits per heavy atom. The zero-order chi connectivity index (χ0) is 11.5. The van der Waals surface area contributed by atoms with Gasteiger partial charge in [-0.25, -0.2) is 4.39 Å². The molecule has 0 spiro atoms. The first-order valence-electron chi connectivity index (χ1n) is 4.49. The van der Waals surface area contributed by atoms with E-state index in [-0.39, 0.29) is 6.54 Å². The topological polar surface area (TPSA) is 58.0 Å². The lowest BCUT2D eigenvalue weighted by molar-refractivity contribution is 0.00320. The van der Waals surface area contributed by atoms with Crippen molar-refractivity contribution in [2.24, 2.45) is 0 Å². The van der Waals surface area contributed by atoms with Crippen LogP contribution in [-0.2, 0) is 0 Å². The van der Waals surface area contributed by atoms with Crippen molar-refractivity contribution in [2.45, 2.75) is 25.6 Å². The van der Waals surface area contributed by atoms with Crippen LogP contribution in [0.2, 0.25) is 0 Å². The van der Waals surface area contributed by atoms with E-state index in [1.165, 1.54) is 13.8 Å². The van der Waals surface area contributed by atoms with Crippen molar-refractivity contribution in [2.75, 3.05) is 11.9 Å². The molecule has 15 heavy (non-hydrogen) atoms. The van der Waals surface area contributed by atoms with E-state index in [9.17, 15) is 9.50 Å². The highest BCUT2D eigenvalue weighted by atomic mass is 127. The fourth-order valence-corrected chi connectivity index (χ4v) is 1.14. The second-order valence-electron chi connectivity index (χ2n) is 3.74. The van der Waals surface area contributed by atoms with Gasteiger partial charge in [0.25, 0.3) is 0 Å². The maximum atomic E-state index is 13.3. The molecule has 84 valence electrons. The van der Waals surface area contributed by atoms with Crippen LogP contribution in [0.1, 0.15) is 13.8 Å². The summed E-state index contributed by atoms with van der Waals surface area (Å²) in [7, 11) is 0. The van der Waals surface area contributed by atoms with E-state index in [2.05, 4.69) is 15.5 Å². The zero-order valence-electron chi connectivity index (χ0n) is 8.54. The second kappa shape index (κ2) is 5.02. The number of hydrogen-bond acceptors (Lipinski definition) is 4. The summed E-state index contributed by atoms with van der Waals surface area (Å²) < 4.78 is 14.1. The number of rotatable bonds is 4. The molecule has 0 amide bonds. The normalized spacial score (nSPS) is 13.7. The predicted octanol–water partition coefficient (Wildman–Crippen LogP) is 1.60. The fourth-order valence-electron chi connectivity index (χ4n) is 0.854. The van der Waals surface area contributed by atoms with Crippen LogP contribution in [0.3, 0.4) is 0 Å². The first kappa shape index (κ1) is 12.6. The van der Waals surface area contributed by atoms with E-state index in [1.54, 1.807) is 12.1 Å². The molecule has 6 heteroatoms. The summed E-state index contributed by atoms with van der Waals surface area (Å²) in [5.41, 5.74) is -1.34. The number of hydrogen-bond donors (Lipinski definition) is 2. The van der Waals surface area contributed by atoms with Gasteiger partial charge < -0.3 is 10.4 Å². The van der Waals surface area contributed by atoms with Crippen molar-refractivity contribution in [1.82, 2.24) is 10.2 Å². The van der Waals surface area contributed by atoms with Gasteiger partial charge in [-0.05, 0) is 48.6 Å². The molecule has 0 aliphatic carbocycles. The molecule has 1 rings (SSSR count). The average Bonchev–Trinajstić information content (AvgIpc) is 2.15. The lowest BCUT2D eigenvalue weighted by Gasteiger charge is -2.22. The summed E-state index contributed by atoms with van der Waals surface area (Å²) in [6.07, 6.45) is -1.35. The van der Waals surface area contributed by atoms with Gasteiger partial charge in [-0.2, -0.15) is 0 Å². The van der Waals surface area contributed by atoms with Crippen LogP contribution in [-0.4, -0.2) is 33.6 Å². The Morgan fingerprint density at radius 3 is 2.67 bits per heavy atom. The van der Waals surface area contributed by atoms with Crippen LogP contribution in [0.4, 0.5) is 10.2 Å². The number of nitrogens with one attached hydrogen (secondary N) is 1. The van der Waals surface area contributed by atoms with Gasteiger partial charge in [0.05, 0.1) is 12.1 Å². The highest BCUT2D eigenvalue weighted by Gasteiger charge is 2.26. The summed E-state index contributed by atoms with van der Waals surface area (Å²) in [6.45, 7) is 2.87. The van der Waals surface area contributed by atoms with Crippen LogP contribution in [0, 0.1) is 3.70 Å². The largest absolute Gasteiger partial charge is 0.387 e. The lowest BCUT2D eigenvalue weighted by Crippen LogP contribution is -2.37. The minimum atomic E-state index is -1.35. The van der Waals surface area contributed by atoms with Crippen LogP contribution >= 0.6 is 22.6 Å². The van der Waals surface area contributed by atoms with Crippen LogP contribution < -0.4 is 5.32 Å². The SMILES string of the molecule is CC(C)(O)C(F)CNc1ccc(I)nn1. The molecule has 1 aromatic rings. The molecule has 1 heterocycles. The number of alkyl halides is 1. The maximum absolute atomic E-state index is 13.3. The van der Waals surface area contributed by atoms with Crippen molar-refractivity contribution in [3.05, 3.63) is 15.8 Å². The maximum Gasteiger partial charge on any atom is 0.148 e. The number of anilines is 1. The van der Waals surface area contributed by atoms with Gasteiger partial charge in [-0.3, -0.25) is 0 Å². The Morgan fingerprint density at radius 2 is 2.20 bits per heavy atom. The molecule has 1 unspecified atom stereocenters. The molecule has 0 aliphatic heterocycles. The van der Waals surface area contributed by atoms with Gasteiger partial charge in [0.15, 0.2) is 0 Å². The van der Waals surface area contributed by atoms with Crippen LogP contribution in [0.5, 0.6) is 0 Å². The summed E-state index contributed by atoms with van der Waals surface area (Å²) in [4.78, 5) is 0. The van der Waals surface area contributed by atoms with Crippen molar-refractivity contribution in [3.63, 3.8) is 0 Å². The Kier molecular flexibility index (Phi) is 4.21. The first-order valence-corrected chi connectivity index (χ1v) is 5.57. The minimum absolute atomic E-state index is 0.0127. The molecular formula is C9H13FIN3O. The summed E-state index contributed by atoms with van der Waals surface area (Å²) >= 11 is 2.04. The van der Waals surface area contributed by atoms with E-state index < -0.39 is 11.8 Å². The van der Waals surface area contributed by atoms with Gasteiger partial charge in [0.1, 0.15) is 15.7 Å². The first-order chi connectivity index (χ1) is 6.89. The molecule has 2 N–H and O–H groups in total. The quantitative estimate of drug-likeness (QED) is 0.826. The molecule has 4 nitrogen and oxygen atoms in total. The van der Waals surface area contributed by atoms with Gasteiger partial charge >= 0.3 is 0 Å². The highest BCUT2D eigenvalue weighted by Crippen LogP contribution is 2.13. The molecule has 0 aromatic carbocycles. The molecule has 0 saturated heterocycles. The predicted molar refractivity (Wildman–Crippen MR) is 64.4 cm³/mol. The van der Waals surface area contributed by atoms with E-state index in [0.29, 0.717) is 5.82 Å². The van der Waals surface area contributed by atoms with Gasteiger partial charge in [0.2, 0.25) is 0 Å². The van der Waals surface area contributed by atoms with Gasteiger partial charge in [-0.15, -0.1) is 10.2 Å². The summed E-state index contributed by atoms with van der Waals surface area (Å²) in [5.74, 6) is 0.502. The third kappa shape index (κ3) is 4.25. The molecule has 0 radical (unpaired) electrons. The van der Waals surface area contributed by atoms with Crippen molar-refractivity contribution in [1.29, 1.82) is 0 Å². The monoisotopic (exact) mass is 325 g/mol. The molecule has 1 aromatic heterocycles. The Bertz CT molecular complexity index is 312. The Hall–Kier alpha value is -0.500. The average molecular weight is 325 g/mol. The number of aromatic nitrogens is 2. The molecule has 0 aliphatic rings. The third-order valence-corrected chi connectivity index (χ3v) is 2.44. The minimum Gasteiger partial charge on any atom is -0.387 e. The number of aliphatic hydroxyl groups is 1. The summed E-state index contributed by atoms with van der Waals surface area (Å²) in [5, 5.41) is 19.7. The zero-order valence-corrected chi connectivity index (χ0v) is 10.7. The molecule has 0 fully saturated rings. The highest BCUT2D eigenvalue weighted by molar-refractivity contribution is 14.1. The smallest absolute Gasteiger partial charge is 0.148 e. The van der Waals surface area contributed by atoms with Gasteiger partial charge in [-0.1, -0.05) is 0 Å². The molecular weight excluding hydrogens is 312 g/mol. The van der Waals surface area contributed by atoms with Crippen molar-refractivity contribution < 1.29 is 9.50 Å². The van der Waals surface area contributed by atoms with Crippen LogP contribution in [0.15, 0.2) is 12.1 Å². The van der Waals surface area contributed by atoms with E-state index in [1.807, 2.05) is 22.6 Å². The van der Waals surface area contributed by atoms with Gasteiger partial charge in [0, 0.05) is 0 Å². The summed E-state index contributed by atoms with van der Waals surface area (Å²) in [6, 6.07) is 3.49. The van der Waals surface area contributed by atoms with Crippen molar-refractivity contribution >= 4 is 28.4 Å². The molecule has 0 saturated carbocycles. The standard InChI is InChI=1S/C9H13FIN3O/c1-9(2,15)6(10)5-12-8-4-3-7(11)13-14-8/h3-4,6,15H,5H2,1-2H3,(H,12,14). The van der Waals surface area contributed by atoms with Crippen molar-refractivity contribution in [3.8, 4) is 0 Å². The Labute approximate surface area is 101 Å². The van der Waals surface area contributed by atoms with E-state index in [4.69, 9.17) is 0 Å². The lowest BCUT2D eigenvalue weighted by atomic mass is 10.0. The Balaban J connectivity index is 2.47.